The fraction of sp³-hybridized carbons (Fsp3) is 0.538. The molecule has 8 nitrogen and oxygen atoms in total. The molecule has 0 aliphatic heterocycles. The van der Waals surface area contributed by atoms with Crippen molar-refractivity contribution in [2.45, 2.75) is 80.0 Å². The first-order valence-electron chi connectivity index (χ1n) is 12.3. The zero-order valence-electron chi connectivity index (χ0n) is 22.8. The molecule has 2 aromatic heterocycles. The Morgan fingerprint density at radius 1 is 0.895 bits per heavy atom. The standard InChI is InChI=1S/C26H38N4O4S4/c1-25(2,3)33-23(31)29-14-11-19(35)22-21(10-8-13-28-22)38-37-20-9-7-12-27-18(20)17-36-16-15-30-24(32)34-26(4,5)6/h7-10,12-13,19,35H,11,14-17H2,1-6H3,(H,29,31)(H,30,32). The normalized spacial score (nSPS) is 12.5. The van der Waals surface area contributed by atoms with Crippen LogP contribution in [-0.2, 0) is 15.2 Å². The monoisotopic (exact) mass is 598 g/mol. The lowest BCUT2D eigenvalue weighted by molar-refractivity contribution is 0.0517. The van der Waals surface area contributed by atoms with Gasteiger partial charge in [0.05, 0.1) is 11.4 Å². The molecule has 2 aromatic rings. The van der Waals surface area contributed by atoms with E-state index >= 15 is 0 Å². The molecule has 210 valence electrons. The first-order valence-corrected chi connectivity index (χ1v) is 16.1. The lowest BCUT2D eigenvalue weighted by Crippen LogP contribution is -2.33. The summed E-state index contributed by atoms with van der Waals surface area (Å²) < 4.78 is 10.5. The Hall–Kier alpha value is -1.76. The van der Waals surface area contributed by atoms with Gasteiger partial charge in [-0.1, -0.05) is 21.6 Å². The maximum absolute atomic E-state index is 11.9. The third-order valence-electron chi connectivity index (χ3n) is 4.42. The number of pyridine rings is 2. The van der Waals surface area contributed by atoms with Crippen LogP contribution in [0.5, 0.6) is 0 Å². The fourth-order valence-electron chi connectivity index (χ4n) is 2.89. The number of hydrogen-bond acceptors (Lipinski definition) is 10. The van der Waals surface area contributed by atoms with Gasteiger partial charge in [0.25, 0.3) is 0 Å². The van der Waals surface area contributed by atoms with Crippen LogP contribution in [0.1, 0.15) is 64.6 Å². The average molecular weight is 599 g/mol. The van der Waals surface area contributed by atoms with Gasteiger partial charge in [0.15, 0.2) is 0 Å². The van der Waals surface area contributed by atoms with Gasteiger partial charge in [-0.15, -0.1) is 0 Å². The molecule has 0 aromatic carbocycles. The maximum atomic E-state index is 11.9. The third kappa shape index (κ3) is 13.3. The molecule has 38 heavy (non-hydrogen) atoms. The highest BCUT2D eigenvalue weighted by Gasteiger charge is 2.18. The van der Waals surface area contributed by atoms with E-state index in [1.54, 1.807) is 45.7 Å². The number of nitrogens with one attached hydrogen (secondary N) is 2. The van der Waals surface area contributed by atoms with Crippen molar-refractivity contribution in [1.29, 1.82) is 0 Å². The number of carbonyl (C=O) groups is 2. The molecule has 2 amide bonds. The molecule has 0 saturated carbocycles. The summed E-state index contributed by atoms with van der Waals surface area (Å²) in [5.41, 5.74) is 0.814. The van der Waals surface area contributed by atoms with Crippen LogP contribution >= 0.6 is 46.0 Å². The predicted octanol–water partition coefficient (Wildman–Crippen LogP) is 6.92. The highest BCUT2D eigenvalue weighted by Crippen LogP contribution is 2.42. The largest absolute Gasteiger partial charge is 0.444 e. The van der Waals surface area contributed by atoms with Crippen LogP contribution in [0.4, 0.5) is 9.59 Å². The number of thioether (sulfide) groups is 1. The van der Waals surface area contributed by atoms with Crippen LogP contribution in [0.2, 0.25) is 0 Å². The molecule has 1 atom stereocenters. The van der Waals surface area contributed by atoms with E-state index in [2.05, 4.69) is 26.7 Å². The predicted molar refractivity (Wildman–Crippen MR) is 161 cm³/mol. The summed E-state index contributed by atoms with van der Waals surface area (Å²) in [6.45, 7) is 12.0. The van der Waals surface area contributed by atoms with Gasteiger partial charge in [0, 0.05) is 52.0 Å². The summed E-state index contributed by atoms with van der Waals surface area (Å²) >= 11 is 6.45. The van der Waals surface area contributed by atoms with Crippen LogP contribution in [-0.4, -0.2) is 52.2 Å². The first kappa shape index (κ1) is 32.5. The van der Waals surface area contributed by atoms with Gasteiger partial charge in [-0.05, 0) is 72.2 Å². The second-order valence-corrected chi connectivity index (χ2v) is 14.2. The Labute approximate surface area is 243 Å². The van der Waals surface area contributed by atoms with E-state index < -0.39 is 23.4 Å². The van der Waals surface area contributed by atoms with Crippen molar-refractivity contribution in [3.63, 3.8) is 0 Å². The summed E-state index contributed by atoms with van der Waals surface area (Å²) in [6.07, 6.45) is 3.32. The minimum Gasteiger partial charge on any atom is -0.444 e. The van der Waals surface area contributed by atoms with E-state index in [4.69, 9.17) is 22.1 Å². The van der Waals surface area contributed by atoms with Crippen LogP contribution in [0.25, 0.3) is 0 Å². The van der Waals surface area contributed by atoms with Crippen LogP contribution in [0, 0.1) is 0 Å². The Morgan fingerprint density at radius 3 is 2.08 bits per heavy atom. The van der Waals surface area contributed by atoms with Gasteiger partial charge in [-0.3, -0.25) is 9.97 Å². The molecule has 0 aliphatic carbocycles. The highest BCUT2D eigenvalue weighted by atomic mass is 33.1. The number of ether oxygens (including phenoxy) is 2. The van der Waals surface area contributed by atoms with Crippen LogP contribution in [0.3, 0.4) is 0 Å². The van der Waals surface area contributed by atoms with Gasteiger partial charge < -0.3 is 20.1 Å². The van der Waals surface area contributed by atoms with E-state index in [1.807, 2.05) is 59.7 Å². The number of rotatable bonds is 12. The lowest BCUT2D eigenvalue weighted by atomic mass is 10.2. The van der Waals surface area contributed by atoms with Crippen LogP contribution < -0.4 is 10.6 Å². The number of carbonyl (C=O) groups excluding carboxylic acids is 2. The second kappa shape index (κ2) is 15.7. The molecular weight excluding hydrogens is 561 g/mol. The van der Waals surface area contributed by atoms with Gasteiger partial charge in [-0.25, -0.2) is 9.59 Å². The topological polar surface area (TPSA) is 102 Å². The molecule has 0 bridgehead atoms. The van der Waals surface area contributed by atoms with Gasteiger partial charge >= 0.3 is 12.2 Å². The Bertz CT molecular complexity index is 1040. The van der Waals surface area contributed by atoms with Crippen molar-refractivity contribution in [2.75, 3.05) is 18.8 Å². The van der Waals surface area contributed by atoms with Crippen molar-refractivity contribution in [2.24, 2.45) is 0 Å². The molecule has 2 N–H and O–H groups in total. The molecular formula is C26H38N4O4S4. The smallest absolute Gasteiger partial charge is 0.407 e. The molecule has 0 aliphatic rings. The average Bonchev–Trinajstić information content (AvgIpc) is 2.81. The number of thiol groups is 1. The van der Waals surface area contributed by atoms with Crippen LogP contribution in [0.15, 0.2) is 46.5 Å². The molecule has 0 fully saturated rings. The number of nitrogens with zero attached hydrogens (tertiary/aromatic N) is 2. The minimum absolute atomic E-state index is 0.143. The first-order chi connectivity index (χ1) is 17.8. The Balaban J connectivity index is 1.86. The van der Waals surface area contributed by atoms with E-state index in [0.29, 0.717) is 19.5 Å². The van der Waals surface area contributed by atoms with Crippen molar-refractivity contribution in [3.8, 4) is 0 Å². The SMILES string of the molecule is CC(C)(C)OC(=O)NCCSCc1ncccc1SSc1cccnc1C(S)CCNC(=O)OC(C)(C)C. The van der Waals surface area contributed by atoms with Crippen molar-refractivity contribution in [1.82, 2.24) is 20.6 Å². The van der Waals surface area contributed by atoms with Gasteiger partial charge in [-0.2, -0.15) is 24.4 Å². The van der Waals surface area contributed by atoms with E-state index in [9.17, 15) is 9.59 Å². The summed E-state index contributed by atoms with van der Waals surface area (Å²) in [5.74, 6) is 1.48. The molecule has 0 saturated heterocycles. The van der Waals surface area contributed by atoms with E-state index in [-0.39, 0.29) is 5.25 Å². The van der Waals surface area contributed by atoms with Gasteiger partial charge in [0.1, 0.15) is 11.2 Å². The number of alkyl carbamates (subject to hydrolysis) is 2. The summed E-state index contributed by atoms with van der Waals surface area (Å²) in [4.78, 5) is 34.9. The second-order valence-electron chi connectivity index (χ2n) is 10.2. The summed E-state index contributed by atoms with van der Waals surface area (Å²) in [5, 5.41) is 5.41. The fourth-order valence-corrected chi connectivity index (χ4v) is 6.58. The Kier molecular flexibility index (Phi) is 13.4. The summed E-state index contributed by atoms with van der Waals surface area (Å²) in [7, 11) is 3.24. The molecule has 12 heteroatoms. The minimum atomic E-state index is -0.535. The third-order valence-corrected chi connectivity index (χ3v) is 8.38. The van der Waals surface area contributed by atoms with E-state index in [0.717, 1.165) is 32.7 Å². The Morgan fingerprint density at radius 2 is 1.45 bits per heavy atom. The van der Waals surface area contributed by atoms with Gasteiger partial charge in [0.2, 0.25) is 0 Å². The number of aromatic nitrogens is 2. The molecule has 2 heterocycles. The molecule has 2 rings (SSSR count). The van der Waals surface area contributed by atoms with E-state index in [1.165, 1.54) is 0 Å². The molecule has 0 radical (unpaired) electrons. The molecule has 1 unspecified atom stereocenters. The number of hydrogen-bond donors (Lipinski definition) is 3. The van der Waals surface area contributed by atoms with Crippen molar-refractivity contribution < 1.29 is 19.1 Å². The van der Waals surface area contributed by atoms with Crippen molar-refractivity contribution >= 4 is 58.2 Å². The molecule has 0 spiro atoms. The summed E-state index contributed by atoms with van der Waals surface area (Å²) in [6, 6.07) is 7.91. The quantitative estimate of drug-likeness (QED) is 0.136. The lowest BCUT2D eigenvalue weighted by Gasteiger charge is -2.20. The van der Waals surface area contributed by atoms with Crippen molar-refractivity contribution in [3.05, 3.63) is 48.0 Å². The highest BCUT2D eigenvalue weighted by molar-refractivity contribution is 8.76. The number of amides is 2. The zero-order chi connectivity index (χ0) is 28.2. The zero-order valence-corrected chi connectivity index (χ0v) is 26.1. The maximum Gasteiger partial charge on any atom is 0.407 e.